The van der Waals surface area contributed by atoms with Crippen LogP contribution in [0.25, 0.3) is 0 Å². The van der Waals surface area contributed by atoms with Crippen LogP contribution >= 0.6 is 0 Å². The van der Waals surface area contributed by atoms with Crippen molar-refractivity contribution >= 4 is 16.1 Å². The number of aryl methyl sites for hydroxylation is 1. The van der Waals surface area contributed by atoms with Crippen molar-refractivity contribution in [3.63, 3.8) is 0 Å². The number of carbonyl (C=O) groups is 1. The van der Waals surface area contributed by atoms with E-state index in [4.69, 9.17) is 9.66 Å². The first-order chi connectivity index (χ1) is 7.27. The molecule has 0 radical (unpaired) electrons. The van der Waals surface area contributed by atoms with Crippen LogP contribution in [-0.4, -0.2) is 24.0 Å². The third kappa shape index (κ3) is 5.94. The van der Waals surface area contributed by atoms with Crippen molar-refractivity contribution in [1.82, 2.24) is 0 Å². The molecule has 0 amide bonds. The van der Waals surface area contributed by atoms with Crippen molar-refractivity contribution in [3.05, 3.63) is 42.5 Å². The molecule has 0 bridgehead atoms. The molecule has 6 heteroatoms. The molecule has 5 nitrogen and oxygen atoms in total. The average Bonchev–Trinajstić information content (AvgIpc) is 2.18. The van der Waals surface area contributed by atoms with E-state index in [-0.39, 0.29) is 4.90 Å². The Labute approximate surface area is 93.8 Å². The summed E-state index contributed by atoms with van der Waals surface area (Å²) in [6.07, 6.45) is 0.833. The molecule has 0 spiro atoms. The topological polar surface area (TPSA) is 91.7 Å². The average molecular weight is 244 g/mol. The van der Waals surface area contributed by atoms with Crippen molar-refractivity contribution < 1.29 is 22.9 Å². The highest BCUT2D eigenvalue weighted by Gasteiger charge is 2.06. The lowest BCUT2D eigenvalue weighted by molar-refractivity contribution is -0.131. The summed E-state index contributed by atoms with van der Waals surface area (Å²) in [5.41, 5.74) is 0.956. The van der Waals surface area contributed by atoms with E-state index in [1.807, 2.05) is 6.92 Å². The number of carboxylic acid groups (broad SMARTS) is 1. The highest BCUT2D eigenvalue weighted by molar-refractivity contribution is 7.85. The number of hydrogen-bond acceptors (Lipinski definition) is 3. The molecule has 2 N–H and O–H groups in total. The van der Waals surface area contributed by atoms with Crippen LogP contribution in [0.4, 0.5) is 0 Å². The molecule has 1 aromatic carbocycles. The minimum atomic E-state index is -4.02. The zero-order chi connectivity index (χ0) is 12.8. The van der Waals surface area contributed by atoms with Gasteiger partial charge in [0.15, 0.2) is 0 Å². The maximum atomic E-state index is 10.5. The summed E-state index contributed by atoms with van der Waals surface area (Å²) < 4.78 is 29.6. The quantitative estimate of drug-likeness (QED) is 0.607. The molecular formula is C10H12O5S. The van der Waals surface area contributed by atoms with Crippen LogP contribution in [-0.2, 0) is 14.9 Å². The minimum absolute atomic E-state index is 0.0666. The normalized spacial score (nSPS) is 9.88. The molecule has 0 unspecified atom stereocenters. The molecular weight excluding hydrogens is 232 g/mol. The Balaban J connectivity index is 0.000000385. The van der Waals surface area contributed by atoms with Gasteiger partial charge in [0, 0.05) is 6.08 Å². The van der Waals surface area contributed by atoms with E-state index < -0.39 is 16.1 Å². The second-order valence-electron chi connectivity index (χ2n) is 2.83. The van der Waals surface area contributed by atoms with Crippen LogP contribution in [0, 0.1) is 6.92 Å². The SMILES string of the molecule is C=CC(=O)O.Cc1ccc(S(=O)(=O)O)cc1. The van der Waals surface area contributed by atoms with Crippen molar-refractivity contribution in [2.75, 3.05) is 0 Å². The molecule has 0 fully saturated rings. The standard InChI is InChI=1S/C7H8O3S.C3H4O2/c1-6-2-4-7(5-3-6)11(8,9)10;1-2-3(4)5/h2-5H,1H3,(H,8,9,10);2H,1H2,(H,4,5). The maximum absolute atomic E-state index is 10.5. The molecule has 0 aliphatic heterocycles. The Bertz CT molecular complexity index is 458. The van der Waals surface area contributed by atoms with Crippen LogP contribution in [0.2, 0.25) is 0 Å². The van der Waals surface area contributed by atoms with Gasteiger partial charge in [-0.3, -0.25) is 4.55 Å². The zero-order valence-corrected chi connectivity index (χ0v) is 9.44. The Morgan fingerprint density at radius 1 is 1.31 bits per heavy atom. The van der Waals surface area contributed by atoms with Crippen molar-refractivity contribution in [2.24, 2.45) is 0 Å². The molecule has 16 heavy (non-hydrogen) atoms. The summed E-state index contributed by atoms with van der Waals surface area (Å²) in [5.74, 6) is -0.981. The second kappa shape index (κ2) is 6.04. The monoisotopic (exact) mass is 244 g/mol. The maximum Gasteiger partial charge on any atom is 0.327 e. The Kier molecular flexibility index (Phi) is 5.41. The van der Waals surface area contributed by atoms with Gasteiger partial charge in [-0.2, -0.15) is 8.42 Å². The lowest BCUT2D eigenvalue weighted by atomic mass is 10.2. The first kappa shape index (κ1) is 14.3. The molecule has 0 atom stereocenters. The molecule has 0 aromatic heterocycles. The lowest BCUT2D eigenvalue weighted by Gasteiger charge is -1.95. The van der Waals surface area contributed by atoms with Crippen LogP contribution < -0.4 is 0 Å². The fourth-order valence-electron chi connectivity index (χ4n) is 0.710. The minimum Gasteiger partial charge on any atom is -0.478 e. The van der Waals surface area contributed by atoms with Gasteiger partial charge in [0.05, 0.1) is 4.90 Å². The lowest BCUT2D eigenvalue weighted by Crippen LogP contribution is -1.96. The summed E-state index contributed by atoms with van der Waals surface area (Å²) >= 11 is 0. The Hall–Kier alpha value is -1.66. The number of carboxylic acids is 1. The van der Waals surface area contributed by atoms with Gasteiger partial charge in [-0.25, -0.2) is 4.79 Å². The van der Waals surface area contributed by atoms with Crippen molar-refractivity contribution in [3.8, 4) is 0 Å². The van der Waals surface area contributed by atoms with Gasteiger partial charge in [-0.1, -0.05) is 24.3 Å². The summed E-state index contributed by atoms with van der Waals surface area (Å²) in [6.45, 7) is 4.80. The molecule has 0 saturated heterocycles. The summed E-state index contributed by atoms with van der Waals surface area (Å²) in [5, 5.41) is 7.60. The highest BCUT2D eigenvalue weighted by atomic mass is 32.2. The third-order valence-electron chi connectivity index (χ3n) is 1.49. The zero-order valence-electron chi connectivity index (χ0n) is 8.62. The van der Waals surface area contributed by atoms with Crippen molar-refractivity contribution in [1.29, 1.82) is 0 Å². The van der Waals surface area contributed by atoms with Gasteiger partial charge in [0.25, 0.3) is 10.1 Å². The van der Waals surface area contributed by atoms with Crippen LogP contribution in [0.1, 0.15) is 5.56 Å². The van der Waals surface area contributed by atoms with Crippen molar-refractivity contribution in [2.45, 2.75) is 11.8 Å². The van der Waals surface area contributed by atoms with E-state index in [2.05, 4.69) is 6.58 Å². The Morgan fingerprint density at radius 3 is 1.94 bits per heavy atom. The first-order valence-electron chi connectivity index (χ1n) is 4.17. The number of rotatable bonds is 2. The predicted molar refractivity (Wildman–Crippen MR) is 58.8 cm³/mol. The number of benzene rings is 1. The molecule has 0 saturated carbocycles. The van der Waals surface area contributed by atoms with Gasteiger partial charge in [0.2, 0.25) is 0 Å². The van der Waals surface area contributed by atoms with Crippen LogP contribution in [0.15, 0.2) is 41.8 Å². The largest absolute Gasteiger partial charge is 0.478 e. The molecule has 0 heterocycles. The van der Waals surface area contributed by atoms with E-state index in [9.17, 15) is 13.2 Å². The molecule has 1 rings (SSSR count). The van der Waals surface area contributed by atoms with E-state index in [1.165, 1.54) is 12.1 Å². The highest BCUT2D eigenvalue weighted by Crippen LogP contribution is 2.08. The van der Waals surface area contributed by atoms with Crippen LogP contribution in [0.3, 0.4) is 0 Å². The summed E-state index contributed by atoms with van der Waals surface area (Å²) in [4.78, 5) is 9.18. The van der Waals surface area contributed by atoms with Crippen LogP contribution in [0.5, 0.6) is 0 Å². The smallest absolute Gasteiger partial charge is 0.327 e. The van der Waals surface area contributed by atoms with Gasteiger partial charge in [-0.15, -0.1) is 0 Å². The fraction of sp³-hybridized carbons (Fsp3) is 0.100. The van der Waals surface area contributed by atoms with E-state index in [0.29, 0.717) is 0 Å². The first-order valence-corrected chi connectivity index (χ1v) is 5.61. The molecule has 0 aliphatic rings. The van der Waals surface area contributed by atoms with Gasteiger partial charge in [-0.05, 0) is 19.1 Å². The predicted octanol–water partition coefficient (Wildman–Crippen LogP) is 1.50. The third-order valence-corrected chi connectivity index (χ3v) is 2.36. The van der Waals surface area contributed by atoms with E-state index >= 15 is 0 Å². The van der Waals surface area contributed by atoms with Gasteiger partial charge >= 0.3 is 5.97 Å². The van der Waals surface area contributed by atoms with E-state index in [0.717, 1.165) is 11.6 Å². The molecule has 0 aliphatic carbocycles. The number of aliphatic carboxylic acids is 1. The van der Waals surface area contributed by atoms with Gasteiger partial charge < -0.3 is 5.11 Å². The summed E-state index contributed by atoms with van der Waals surface area (Å²) in [6, 6.07) is 5.99. The fourth-order valence-corrected chi connectivity index (χ4v) is 1.19. The molecule has 88 valence electrons. The number of hydrogen-bond donors (Lipinski definition) is 2. The Morgan fingerprint density at radius 2 is 1.69 bits per heavy atom. The second-order valence-corrected chi connectivity index (χ2v) is 4.25. The molecule has 1 aromatic rings. The van der Waals surface area contributed by atoms with Gasteiger partial charge in [0.1, 0.15) is 0 Å². The summed E-state index contributed by atoms with van der Waals surface area (Å²) in [7, 11) is -4.02. The van der Waals surface area contributed by atoms with E-state index in [1.54, 1.807) is 12.1 Å².